The first kappa shape index (κ1) is 21.4. The number of carbonyl (C=O) groups is 1. The molecule has 9 heteroatoms. The molecule has 1 aromatic carbocycles. The summed E-state index contributed by atoms with van der Waals surface area (Å²) in [6.07, 6.45) is 1.07. The summed E-state index contributed by atoms with van der Waals surface area (Å²) < 4.78 is 32.7. The minimum Gasteiger partial charge on any atom is -0.495 e. The number of likely N-dealkylation sites (N-methyl/N-ethyl adjacent to an activating group) is 1. The normalized spacial score (nSPS) is 20.3. The van der Waals surface area contributed by atoms with Gasteiger partial charge >= 0.3 is 0 Å². The number of hydrogen-bond donors (Lipinski definition) is 0. The second-order valence-corrected chi connectivity index (χ2v) is 9.58. The van der Waals surface area contributed by atoms with E-state index in [1.807, 2.05) is 4.90 Å². The molecule has 0 bridgehead atoms. The van der Waals surface area contributed by atoms with Crippen LogP contribution in [0.3, 0.4) is 0 Å². The van der Waals surface area contributed by atoms with E-state index in [2.05, 4.69) is 11.8 Å². The van der Waals surface area contributed by atoms with Crippen LogP contribution in [0.25, 0.3) is 0 Å². The molecule has 2 aliphatic heterocycles. The molecule has 0 radical (unpaired) electrons. The second kappa shape index (κ2) is 8.98. The van der Waals surface area contributed by atoms with E-state index in [-0.39, 0.29) is 22.5 Å². The zero-order chi connectivity index (χ0) is 20.3. The maximum absolute atomic E-state index is 13.1. The smallest absolute Gasteiger partial charge is 0.246 e. The first-order chi connectivity index (χ1) is 13.4. The highest BCUT2D eigenvalue weighted by Gasteiger charge is 2.35. The molecule has 2 aliphatic rings. The van der Waals surface area contributed by atoms with Crippen LogP contribution >= 0.6 is 11.6 Å². The molecule has 1 aromatic rings. The average Bonchev–Trinajstić information content (AvgIpc) is 2.73. The highest BCUT2D eigenvalue weighted by molar-refractivity contribution is 7.89. The average molecular weight is 430 g/mol. The molecule has 28 heavy (non-hydrogen) atoms. The van der Waals surface area contributed by atoms with Crippen LogP contribution in [0.2, 0.25) is 5.02 Å². The Morgan fingerprint density at radius 3 is 2.36 bits per heavy atom. The van der Waals surface area contributed by atoms with Gasteiger partial charge in [0.05, 0.1) is 7.11 Å². The van der Waals surface area contributed by atoms with Crippen LogP contribution in [0, 0.1) is 5.92 Å². The van der Waals surface area contributed by atoms with Gasteiger partial charge in [-0.1, -0.05) is 18.5 Å². The number of benzene rings is 1. The van der Waals surface area contributed by atoms with E-state index in [9.17, 15) is 13.2 Å². The number of carbonyl (C=O) groups excluding carboxylic acids is 1. The molecule has 156 valence electrons. The Hall–Kier alpha value is -1.35. The molecule has 0 aliphatic carbocycles. The van der Waals surface area contributed by atoms with Crippen molar-refractivity contribution in [2.75, 3.05) is 52.9 Å². The number of piperidine rings is 1. The van der Waals surface area contributed by atoms with Gasteiger partial charge in [-0.2, -0.15) is 4.31 Å². The zero-order valence-corrected chi connectivity index (χ0v) is 18.0. The fourth-order valence-electron chi connectivity index (χ4n) is 3.88. The molecule has 3 rings (SSSR count). The monoisotopic (exact) mass is 429 g/mol. The van der Waals surface area contributed by atoms with E-state index < -0.39 is 10.0 Å². The van der Waals surface area contributed by atoms with Crippen molar-refractivity contribution in [3.8, 4) is 5.75 Å². The molecule has 0 atom stereocenters. The number of sulfonamides is 1. The van der Waals surface area contributed by atoms with Crippen molar-refractivity contribution in [3.63, 3.8) is 0 Å². The van der Waals surface area contributed by atoms with Gasteiger partial charge < -0.3 is 14.5 Å². The quantitative estimate of drug-likeness (QED) is 0.715. The summed E-state index contributed by atoms with van der Waals surface area (Å²) >= 11 is 6.00. The van der Waals surface area contributed by atoms with E-state index in [0.717, 1.165) is 32.7 Å². The molecule has 0 unspecified atom stereocenters. The van der Waals surface area contributed by atoms with Gasteiger partial charge in [0.25, 0.3) is 0 Å². The van der Waals surface area contributed by atoms with Crippen molar-refractivity contribution in [3.05, 3.63) is 23.2 Å². The molecule has 0 spiro atoms. The number of nitrogens with zero attached hydrogens (tertiary/aromatic N) is 3. The van der Waals surface area contributed by atoms with Gasteiger partial charge in [0, 0.05) is 50.2 Å². The first-order valence-electron chi connectivity index (χ1n) is 9.71. The van der Waals surface area contributed by atoms with Crippen LogP contribution in [0.1, 0.15) is 19.8 Å². The number of rotatable bonds is 5. The van der Waals surface area contributed by atoms with Crippen molar-refractivity contribution in [1.82, 2.24) is 14.1 Å². The maximum Gasteiger partial charge on any atom is 0.246 e. The molecule has 2 saturated heterocycles. The van der Waals surface area contributed by atoms with Crippen LogP contribution in [0.15, 0.2) is 23.1 Å². The second-order valence-electron chi connectivity index (χ2n) is 7.23. The van der Waals surface area contributed by atoms with Gasteiger partial charge in [-0.3, -0.25) is 4.79 Å². The molecule has 2 fully saturated rings. The summed E-state index contributed by atoms with van der Waals surface area (Å²) in [5.74, 6) is 0.324. The summed E-state index contributed by atoms with van der Waals surface area (Å²) in [4.78, 5) is 17.2. The van der Waals surface area contributed by atoms with Crippen LogP contribution in [0.4, 0.5) is 0 Å². The lowest BCUT2D eigenvalue weighted by Crippen LogP contribution is -2.51. The molecule has 0 N–H and O–H groups in total. The Morgan fingerprint density at radius 2 is 1.79 bits per heavy atom. The lowest BCUT2D eigenvalue weighted by atomic mass is 9.96. The Kier molecular flexibility index (Phi) is 6.85. The Bertz CT molecular complexity index is 801. The van der Waals surface area contributed by atoms with Crippen molar-refractivity contribution >= 4 is 27.5 Å². The van der Waals surface area contributed by atoms with Crippen LogP contribution in [0.5, 0.6) is 5.75 Å². The zero-order valence-electron chi connectivity index (χ0n) is 16.4. The molecule has 0 aromatic heterocycles. The van der Waals surface area contributed by atoms with Crippen LogP contribution in [-0.2, 0) is 14.8 Å². The predicted octanol–water partition coefficient (Wildman–Crippen LogP) is 1.91. The first-order valence-corrected chi connectivity index (χ1v) is 11.5. The molecule has 7 nitrogen and oxygen atoms in total. The molecule has 0 saturated carbocycles. The summed E-state index contributed by atoms with van der Waals surface area (Å²) in [6, 6.07) is 4.57. The van der Waals surface area contributed by atoms with Gasteiger partial charge in [0.15, 0.2) is 0 Å². The van der Waals surface area contributed by atoms with Gasteiger partial charge in [0.1, 0.15) is 10.6 Å². The van der Waals surface area contributed by atoms with Crippen LogP contribution < -0.4 is 4.74 Å². The number of hydrogen-bond acceptors (Lipinski definition) is 5. The standard InChI is InChI=1S/C19H28ClN3O4S/c1-3-21-10-12-22(13-11-21)19(24)15-6-8-23(9-7-15)28(25,26)18-14-16(20)4-5-17(18)27-2/h4-5,14-15H,3,6-13H2,1-2H3. The fraction of sp³-hybridized carbons (Fsp3) is 0.632. The third-order valence-electron chi connectivity index (χ3n) is 5.68. The van der Waals surface area contributed by atoms with Crippen LogP contribution in [-0.4, -0.2) is 81.4 Å². The number of methoxy groups -OCH3 is 1. The summed E-state index contributed by atoms with van der Waals surface area (Å²) in [6.45, 7) is 7.10. The number of piperazine rings is 1. The summed E-state index contributed by atoms with van der Waals surface area (Å²) in [7, 11) is -2.28. The highest BCUT2D eigenvalue weighted by Crippen LogP contribution is 2.32. The molecular formula is C19H28ClN3O4S. The third-order valence-corrected chi connectivity index (χ3v) is 7.83. The fourth-order valence-corrected chi connectivity index (χ4v) is 5.77. The number of ether oxygens (including phenoxy) is 1. The van der Waals surface area contributed by atoms with Crippen molar-refractivity contribution in [1.29, 1.82) is 0 Å². The lowest BCUT2D eigenvalue weighted by molar-refractivity contribution is -0.138. The largest absolute Gasteiger partial charge is 0.495 e. The summed E-state index contributed by atoms with van der Waals surface area (Å²) in [5.41, 5.74) is 0. The van der Waals surface area contributed by atoms with Gasteiger partial charge in [-0.15, -0.1) is 0 Å². The van der Waals surface area contributed by atoms with Crippen molar-refractivity contribution in [2.24, 2.45) is 5.92 Å². The topological polar surface area (TPSA) is 70.2 Å². The minimum absolute atomic E-state index is 0.0722. The number of halogens is 1. The predicted molar refractivity (Wildman–Crippen MR) is 108 cm³/mol. The van der Waals surface area contributed by atoms with E-state index in [4.69, 9.17) is 16.3 Å². The maximum atomic E-state index is 13.1. The summed E-state index contributed by atoms with van der Waals surface area (Å²) in [5, 5.41) is 0.343. The third kappa shape index (κ3) is 4.45. The molecular weight excluding hydrogens is 402 g/mol. The van der Waals surface area contributed by atoms with Crippen molar-refractivity contribution in [2.45, 2.75) is 24.7 Å². The van der Waals surface area contributed by atoms with Gasteiger partial charge in [0.2, 0.25) is 15.9 Å². The van der Waals surface area contributed by atoms with E-state index >= 15 is 0 Å². The minimum atomic E-state index is -3.72. The SMILES string of the molecule is CCN1CCN(C(=O)C2CCN(S(=O)(=O)c3cc(Cl)ccc3OC)CC2)CC1. The van der Waals surface area contributed by atoms with Gasteiger partial charge in [-0.25, -0.2) is 8.42 Å². The van der Waals surface area contributed by atoms with E-state index in [1.54, 1.807) is 12.1 Å². The molecule has 1 amide bonds. The van der Waals surface area contributed by atoms with E-state index in [1.165, 1.54) is 17.5 Å². The number of amides is 1. The van der Waals surface area contributed by atoms with Crippen molar-refractivity contribution < 1.29 is 17.9 Å². The Morgan fingerprint density at radius 1 is 1.14 bits per heavy atom. The Labute approximate surface area is 172 Å². The molecule has 2 heterocycles. The van der Waals surface area contributed by atoms with Gasteiger partial charge in [-0.05, 0) is 37.6 Å². The van der Waals surface area contributed by atoms with E-state index in [0.29, 0.717) is 31.0 Å². The lowest BCUT2D eigenvalue weighted by Gasteiger charge is -2.38. The highest BCUT2D eigenvalue weighted by atomic mass is 35.5. The Balaban J connectivity index is 1.63.